The van der Waals surface area contributed by atoms with E-state index in [9.17, 15) is 4.39 Å². The second-order valence-electron chi connectivity index (χ2n) is 8.22. The molecule has 0 N–H and O–H groups in total. The van der Waals surface area contributed by atoms with Gasteiger partial charge < -0.3 is 18.6 Å². The SMILES string of the molecule is CC[CH-]CC=[N+](C)c1ccc(-c2cccc(C)c2C(F)P)c(COC2CCCC2)c1.[CH3-].[Cs+]. The van der Waals surface area contributed by atoms with E-state index in [0.29, 0.717) is 12.7 Å². The first kappa shape index (κ1) is 30.5. The van der Waals surface area contributed by atoms with Crippen LogP contribution >= 0.6 is 9.24 Å². The molecule has 0 bridgehead atoms. The predicted molar refractivity (Wildman–Crippen MR) is 135 cm³/mol. The Balaban J connectivity index is 0.00000256. The van der Waals surface area contributed by atoms with E-state index in [0.717, 1.165) is 59.2 Å². The maximum Gasteiger partial charge on any atom is 1.00 e. The van der Waals surface area contributed by atoms with Crippen LogP contribution in [0.4, 0.5) is 10.1 Å². The van der Waals surface area contributed by atoms with E-state index in [4.69, 9.17) is 4.74 Å². The van der Waals surface area contributed by atoms with Gasteiger partial charge in [-0.3, -0.25) is 0 Å². The van der Waals surface area contributed by atoms with Crippen LogP contribution in [-0.4, -0.2) is 23.9 Å². The van der Waals surface area contributed by atoms with E-state index in [-0.39, 0.29) is 76.3 Å². The summed E-state index contributed by atoms with van der Waals surface area (Å²) in [6.45, 7) is 4.69. The number of benzene rings is 2. The van der Waals surface area contributed by atoms with Crippen LogP contribution in [0.3, 0.4) is 0 Å². The number of unbranched alkanes of at least 4 members (excludes halogenated alkanes) is 2. The van der Waals surface area contributed by atoms with E-state index < -0.39 is 5.91 Å². The number of alkyl halides is 1. The Bertz CT molecular complexity index is 878. The molecule has 0 amide bonds. The maximum absolute atomic E-state index is 14.5. The van der Waals surface area contributed by atoms with Gasteiger partial charge in [-0.2, -0.15) is 6.42 Å². The molecule has 2 nitrogen and oxygen atoms in total. The van der Waals surface area contributed by atoms with Gasteiger partial charge in [0.25, 0.3) is 0 Å². The van der Waals surface area contributed by atoms with E-state index in [2.05, 4.69) is 58.6 Å². The van der Waals surface area contributed by atoms with Gasteiger partial charge in [0.1, 0.15) is 19.2 Å². The van der Waals surface area contributed by atoms with Crippen molar-refractivity contribution in [3.63, 3.8) is 0 Å². The van der Waals surface area contributed by atoms with Gasteiger partial charge in [-0.15, -0.1) is 6.42 Å². The van der Waals surface area contributed by atoms with Crippen molar-refractivity contribution in [1.82, 2.24) is 0 Å². The molecule has 3 rings (SSSR count). The quantitative estimate of drug-likeness (QED) is 0.138. The number of halogens is 1. The molecule has 0 aromatic heterocycles. The largest absolute Gasteiger partial charge is 1.00 e. The fourth-order valence-electron chi connectivity index (χ4n) is 4.23. The van der Waals surface area contributed by atoms with E-state index in [1.807, 2.05) is 25.1 Å². The molecule has 0 radical (unpaired) electrons. The molecule has 1 aliphatic carbocycles. The summed E-state index contributed by atoms with van der Waals surface area (Å²) in [5.74, 6) is -1.09. The molecule has 2 aromatic carbocycles. The summed E-state index contributed by atoms with van der Waals surface area (Å²) in [5, 5.41) is 0. The van der Waals surface area contributed by atoms with Gasteiger partial charge in [0.05, 0.1) is 12.7 Å². The van der Waals surface area contributed by atoms with Gasteiger partial charge >= 0.3 is 68.9 Å². The topological polar surface area (TPSA) is 12.2 Å². The van der Waals surface area contributed by atoms with Crippen molar-refractivity contribution in [3.8, 4) is 11.1 Å². The van der Waals surface area contributed by atoms with Crippen LogP contribution < -0.4 is 68.9 Å². The van der Waals surface area contributed by atoms with Crippen LogP contribution in [0.5, 0.6) is 0 Å². The molecule has 0 spiro atoms. The second-order valence-corrected chi connectivity index (χ2v) is 8.81. The first-order valence-corrected chi connectivity index (χ1v) is 11.8. The summed E-state index contributed by atoms with van der Waals surface area (Å²) in [6, 6.07) is 12.5. The minimum Gasteiger partial charge on any atom is -0.374 e. The van der Waals surface area contributed by atoms with Crippen LogP contribution in [0.1, 0.15) is 68.1 Å². The van der Waals surface area contributed by atoms with Crippen molar-refractivity contribution in [2.24, 2.45) is 0 Å². The van der Waals surface area contributed by atoms with Crippen LogP contribution in [-0.2, 0) is 11.3 Å². The van der Waals surface area contributed by atoms with Crippen LogP contribution in [0.15, 0.2) is 36.4 Å². The molecule has 1 saturated carbocycles. The number of ether oxygens (including phenoxy) is 1. The molecule has 32 heavy (non-hydrogen) atoms. The molecule has 1 aliphatic rings. The van der Waals surface area contributed by atoms with Gasteiger partial charge in [0.2, 0.25) is 5.69 Å². The zero-order valence-electron chi connectivity index (χ0n) is 20.5. The fraction of sp³-hybridized carbons (Fsp3) is 0.444. The summed E-state index contributed by atoms with van der Waals surface area (Å²) in [7, 11) is 4.39. The third-order valence-electron chi connectivity index (χ3n) is 6.00. The molecule has 0 aliphatic heterocycles. The van der Waals surface area contributed by atoms with E-state index in [1.165, 1.54) is 12.8 Å². The van der Waals surface area contributed by atoms with Crippen molar-refractivity contribution >= 4 is 21.1 Å². The van der Waals surface area contributed by atoms with Crippen LogP contribution in [0, 0.1) is 20.8 Å². The number of aryl methyl sites for hydroxylation is 1. The van der Waals surface area contributed by atoms with Crippen LogP contribution in [0.2, 0.25) is 0 Å². The standard InChI is InChI=1S/C26H35FNOP.CH3.Cs/c1-4-5-8-16-28(3)21-14-15-23(20(17-21)18-29-22-11-6-7-12-22)24-13-9-10-19(2)25(24)26(27)30;;/h5,9-10,13-17,22,26H,4,6-8,11-12,18,30H2,1-3H3;1H3;/q;-1;+1. The Morgan fingerprint density at radius 1 is 1.22 bits per heavy atom. The summed E-state index contributed by atoms with van der Waals surface area (Å²) < 4.78 is 22.9. The molecule has 0 saturated heterocycles. The average Bonchev–Trinajstić information content (AvgIpc) is 3.25. The number of hydrogen-bond donors (Lipinski definition) is 0. The van der Waals surface area contributed by atoms with Gasteiger partial charge in [0.15, 0.2) is 0 Å². The molecule has 2 atom stereocenters. The molecule has 0 heterocycles. The summed E-state index contributed by atoms with van der Waals surface area (Å²) in [5.41, 5.74) is 5.99. The fourth-order valence-corrected chi connectivity index (χ4v) is 4.67. The van der Waals surface area contributed by atoms with Crippen molar-refractivity contribution < 1.29 is 82.6 Å². The third kappa shape index (κ3) is 8.30. The number of hydrogen-bond acceptors (Lipinski definition) is 1. The third-order valence-corrected chi connectivity index (χ3v) is 6.33. The molecule has 2 aromatic rings. The monoisotopic (exact) mass is 575 g/mol. The first-order chi connectivity index (χ1) is 14.5. The van der Waals surface area contributed by atoms with Crippen LogP contribution in [0.25, 0.3) is 11.1 Å². The summed E-state index contributed by atoms with van der Waals surface area (Å²) >= 11 is 0. The number of nitrogens with zero attached hydrogens (tertiary/aromatic N) is 1. The molecular weight excluding hydrogens is 537 g/mol. The van der Waals surface area contributed by atoms with Crippen molar-refractivity contribution in [2.75, 3.05) is 7.05 Å². The number of rotatable bonds is 9. The Morgan fingerprint density at radius 3 is 2.59 bits per heavy atom. The molecule has 1 fully saturated rings. The zero-order chi connectivity index (χ0) is 21.5. The van der Waals surface area contributed by atoms with Gasteiger partial charge in [-0.05, 0) is 48.1 Å². The minimum absolute atomic E-state index is 0. The van der Waals surface area contributed by atoms with Crippen molar-refractivity contribution in [3.05, 3.63) is 66.9 Å². The van der Waals surface area contributed by atoms with E-state index in [1.54, 1.807) is 0 Å². The smallest absolute Gasteiger partial charge is 0.374 e. The summed E-state index contributed by atoms with van der Waals surface area (Å²) in [6.07, 6.45) is 11.6. The Morgan fingerprint density at radius 2 is 1.94 bits per heavy atom. The molecule has 2 unspecified atom stereocenters. The molecular formula is C27H38CsFNOP. The normalized spacial score (nSPS) is 15.2. The van der Waals surface area contributed by atoms with Crippen molar-refractivity contribution in [1.29, 1.82) is 0 Å². The van der Waals surface area contributed by atoms with Crippen molar-refractivity contribution in [2.45, 2.75) is 71.0 Å². The molecule has 5 heteroatoms. The Kier molecular flexibility index (Phi) is 14.8. The predicted octanol–water partition coefficient (Wildman–Crippen LogP) is 4.77. The summed E-state index contributed by atoms with van der Waals surface area (Å²) in [4.78, 5) is 0. The minimum atomic E-state index is -1.09. The maximum atomic E-state index is 14.5. The first-order valence-electron chi connectivity index (χ1n) is 11.1. The van der Waals surface area contributed by atoms with Gasteiger partial charge in [-0.25, -0.2) is 8.97 Å². The Hall–Kier alpha value is 0.482. The zero-order valence-corrected chi connectivity index (χ0v) is 28.0. The van der Waals surface area contributed by atoms with Gasteiger partial charge in [0, 0.05) is 17.7 Å². The van der Waals surface area contributed by atoms with Gasteiger partial charge in [-0.1, -0.05) is 47.2 Å². The van der Waals surface area contributed by atoms with E-state index >= 15 is 0 Å². The second kappa shape index (κ2) is 15.5. The average molecular weight is 575 g/mol. The molecule has 170 valence electrons. The Labute approximate surface area is 256 Å².